The zero-order valence-corrected chi connectivity index (χ0v) is 25.4. The number of rotatable bonds is 8. The molecule has 0 fully saturated rings. The van der Waals surface area contributed by atoms with E-state index in [9.17, 15) is 19.7 Å². The monoisotopic (exact) mass is 647 g/mol. The second kappa shape index (κ2) is 12.3. The zero-order chi connectivity index (χ0) is 30.0. The van der Waals surface area contributed by atoms with Gasteiger partial charge in [0.1, 0.15) is 12.4 Å². The number of allylic oxidation sites excluding steroid dienone is 1. The van der Waals surface area contributed by atoms with Crippen LogP contribution >= 0.6 is 27.3 Å². The van der Waals surface area contributed by atoms with E-state index in [1.807, 2.05) is 48.5 Å². The molecular weight excluding hydrogens is 622 g/mol. The first-order valence-electron chi connectivity index (χ1n) is 13.1. The van der Waals surface area contributed by atoms with Crippen molar-refractivity contribution in [1.29, 1.82) is 0 Å². The highest BCUT2D eigenvalue weighted by Crippen LogP contribution is 2.33. The van der Waals surface area contributed by atoms with Crippen LogP contribution in [-0.4, -0.2) is 22.1 Å². The third-order valence-corrected chi connectivity index (χ3v) is 8.25. The summed E-state index contributed by atoms with van der Waals surface area (Å²) in [6.45, 7) is 5.51. The van der Waals surface area contributed by atoms with Crippen LogP contribution in [0.4, 0.5) is 5.69 Å². The molecule has 214 valence electrons. The van der Waals surface area contributed by atoms with Gasteiger partial charge in [-0.15, -0.1) is 0 Å². The number of nitrogens with zero attached hydrogens (tertiary/aromatic N) is 3. The molecule has 9 nitrogen and oxygen atoms in total. The molecule has 42 heavy (non-hydrogen) atoms. The van der Waals surface area contributed by atoms with Gasteiger partial charge in [-0.2, -0.15) is 0 Å². The van der Waals surface area contributed by atoms with Crippen molar-refractivity contribution >= 4 is 45.0 Å². The maximum atomic E-state index is 13.9. The number of nitro groups is 1. The Morgan fingerprint density at radius 1 is 1.14 bits per heavy atom. The predicted octanol–water partition coefficient (Wildman–Crippen LogP) is 5.36. The Balaban J connectivity index is 1.57. The van der Waals surface area contributed by atoms with Gasteiger partial charge in [-0.25, -0.2) is 9.79 Å². The fraction of sp³-hybridized carbons (Fsp3) is 0.194. The summed E-state index contributed by atoms with van der Waals surface area (Å²) >= 11 is 4.61. The van der Waals surface area contributed by atoms with Gasteiger partial charge in [0.25, 0.3) is 11.2 Å². The smallest absolute Gasteiger partial charge is 0.338 e. The molecule has 11 heteroatoms. The van der Waals surface area contributed by atoms with E-state index in [2.05, 4.69) is 20.9 Å². The molecule has 4 aromatic rings. The first-order valence-corrected chi connectivity index (χ1v) is 14.7. The average molecular weight is 649 g/mol. The molecule has 1 atom stereocenters. The molecule has 0 unspecified atom stereocenters. The molecule has 0 spiro atoms. The summed E-state index contributed by atoms with van der Waals surface area (Å²) in [5.41, 5.74) is 2.72. The van der Waals surface area contributed by atoms with E-state index in [0.717, 1.165) is 15.6 Å². The highest BCUT2D eigenvalue weighted by molar-refractivity contribution is 9.10. The van der Waals surface area contributed by atoms with E-state index in [-0.39, 0.29) is 23.4 Å². The van der Waals surface area contributed by atoms with Gasteiger partial charge in [-0.05, 0) is 67.8 Å². The Bertz CT molecular complexity index is 1910. The Morgan fingerprint density at radius 2 is 1.90 bits per heavy atom. The van der Waals surface area contributed by atoms with Crippen LogP contribution in [0.15, 0.2) is 92.3 Å². The summed E-state index contributed by atoms with van der Waals surface area (Å²) in [5.74, 6) is 0.0154. The minimum atomic E-state index is -0.942. The summed E-state index contributed by atoms with van der Waals surface area (Å²) in [5, 5.41) is 11.7. The van der Waals surface area contributed by atoms with Gasteiger partial charge in [-0.1, -0.05) is 63.7 Å². The second-order valence-electron chi connectivity index (χ2n) is 9.59. The SMILES string of the molecule is CCOC(=O)C1=C(C)N=c2s/c(=C/c3cccc(OCc4ccc(Br)cc4)c3)c(=O)n2[C@H]1c1ccc(C)c([N+](=O)[O-])c1. The van der Waals surface area contributed by atoms with Gasteiger partial charge in [0.15, 0.2) is 4.80 Å². The fourth-order valence-corrected chi connectivity index (χ4v) is 6.00. The number of esters is 1. The molecule has 0 amide bonds. The molecule has 0 aliphatic carbocycles. The van der Waals surface area contributed by atoms with Crippen LogP contribution in [0.3, 0.4) is 0 Å². The standard InChI is InChI=1S/C31H26BrN3O6S/c1-4-40-30(37)27-19(3)33-31-34(28(27)22-11-8-18(2)25(16-22)35(38)39)29(36)26(42-31)15-21-6-5-7-24(14-21)41-17-20-9-12-23(32)13-10-20/h5-16,28H,4,17H2,1-3H3/b26-15+/t28-/m0/s1. The summed E-state index contributed by atoms with van der Waals surface area (Å²) in [7, 11) is 0. The third kappa shape index (κ3) is 5.97. The summed E-state index contributed by atoms with van der Waals surface area (Å²) in [4.78, 5) is 43.2. The molecule has 0 saturated heterocycles. The number of benzene rings is 3. The van der Waals surface area contributed by atoms with Crippen molar-refractivity contribution in [3.8, 4) is 5.75 Å². The Labute approximate surface area is 253 Å². The number of halogens is 1. The average Bonchev–Trinajstić information content (AvgIpc) is 3.26. The molecular formula is C31H26BrN3O6S. The van der Waals surface area contributed by atoms with Gasteiger partial charge < -0.3 is 9.47 Å². The van der Waals surface area contributed by atoms with Crippen LogP contribution in [-0.2, 0) is 16.1 Å². The second-order valence-corrected chi connectivity index (χ2v) is 11.5. The molecule has 1 aliphatic heterocycles. The van der Waals surface area contributed by atoms with Crippen LogP contribution in [0, 0.1) is 17.0 Å². The number of aryl methyl sites for hydroxylation is 1. The van der Waals surface area contributed by atoms with E-state index in [1.54, 1.807) is 39.0 Å². The van der Waals surface area contributed by atoms with E-state index in [4.69, 9.17) is 9.47 Å². The number of carbonyl (C=O) groups excluding carboxylic acids is 1. The van der Waals surface area contributed by atoms with E-state index in [0.29, 0.717) is 38.5 Å². The van der Waals surface area contributed by atoms with Crippen molar-refractivity contribution in [3.05, 3.63) is 135 Å². The predicted molar refractivity (Wildman–Crippen MR) is 163 cm³/mol. The lowest BCUT2D eigenvalue weighted by molar-refractivity contribution is -0.385. The first kappa shape index (κ1) is 29.2. The zero-order valence-electron chi connectivity index (χ0n) is 23.0. The van der Waals surface area contributed by atoms with Crippen LogP contribution in [0.1, 0.15) is 42.1 Å². The lowest BCUT2D eigenvalue weighted by Crippen LogP contribution is -2.40. The number of hydrogen-bond acceptors (Lipinski definition) is 8. The summed E-state index contributed by atoms with van der Waals surface area (Å²) in [6, 6.07) is 19.0. The van der Waals surface area contributed by atoms with E-state index < -0.39 is 16.9 Å². The molecule has 1 aliphatic rings. The maximum absolute atomic E-state index is 13.9. The Morgan fingerprint density at radius 3 is 2.62 bits per heavy atom. The van der Waals surface area contributed by atoms with Crippen molar-refractivity contribution in [2.75, 3.05) is 6.61 Å². The molecule has 0 radical (unpaired) electrons. The number of nitro benzene ring substituents is 1. The number of carbonyl (C=O) groups is 1. The number of thiazole rings is 1. The number of ether oxygens (including phenoxy) is 2. The van der Waals surface area contributed by atoms with Gasteiger partial charge in [0.2, 0.25) is 0 Å². The van der Waals surface area contributed by atoms with E-state index >= 15 is 0 Å². The highest BCUT2D eigenvalue weighted by Gasteiger charge is 2.34. The molecule has 5 rings (SSSR count). The molecule has 0 N–H and O–H groups in total. The van der Waals surface area contributed by atoms with Crippen molar-refractivity contribution in [3.63, 3.8) is 0 Å². The van der Waals surface area contributed by atoms with Crippen molar-refractivity contribution in [1.82, 2.24) is 4.57 Å². The minimum absolute atomic E-state index is 0.104. The molecule has 2 heterocycles. The largest absolute Gasteiger partial charge is 0.489 e. The van der Waals surface area contributed by atoms with Crippen molar-refractivity contribution in [2.24, 2.45) is 4.99 Å². The highest BCUT2D eigenvalue weighted by atomic mass is 79.9. The summed E-state index contributed by atoms with van der Waals surface area (Å²) in [6.07, 6.45) is 1.74. The van der Waals surface area contributed by atoms with Gasteiger partial charge in [0, 0.05) is 16.1 Å². The first-order chi connectivity index (χ1) is 20.2. The number of fused-ring (bicyclic) bond motifs is 1. The fourth-order valence-electron chi connectivity index (χ4n) is 4.69. The topological polar surface area (TPSA) is 113 Å². The molecule has 1 aromatic heterocycles. The quantitative estimate of drug-likeness (QED) is 0.145. The third-order valence-electron chi connectivity index (χ3n) is 6.74. The Kier molecular flexibility index (Phi) is 8.51. The lowest BCUT2D eigenvalue weighted by Gasteiger charge is -2.24. The van der Waals surface area contributed by atoms with Gasteiger partial charge in [0.05, 0.1) is 33.4 Å². The molecule has 0 saturated carbocycles. The number of hydrogen-bond donors (Lipinski definition) is 0. The molecule has 0 bridgehead atoms. The van der Waals surface area contributed by atoms with E-state index in [1.165, 1.54) is 22.0 Å². The van der Waals surface area contributed by atoms with Gasteiger partial charge >= 0.3 is 5.97 Å². The van der Waals surface area contributed by atoms with Crippen molar-refractivity contribution < 1.29 is 19.2 Å². The van der Waals surface area contributed by atoms with Crippen LogP contribution in [0.5, 0.6) is 5.75 Å². The number of aromatic nitrogens is 1. The van der Waals surface area contributed by atoms with Crippen LogP contribution in [0.2, 0.25) is 0 Å². The maximum Gasteiger partial charge on any atom is 0.338 e. The summed E-state index contributed by atoms with van der Waals surface area (Å²) < 4.78 is 14.1. The van der Waals surface area contributed by atoms with Crippen molar-refractivity contribution in [2.45, 2.75) is 33.4 Å². The Hall–Kier alpha value is -4.35. The molecule has 3 aromatic carbocycles. The minimum Gasteiger partial charge on any atom is -0.489 e. The van der Waals surface area contributed by atoms with Gasteiger partial charge in [-0.3, -0.25) is 19.5 Å². The lowest BCUT2D eigenvalue weighted by atomic mass is 9.94. The normalized spacial score (nSPS) is 14.8. The van der Waals surface area contributed by atoms with Crippen LogP contribution < -0.4 is 19.6 Å². The van der Waals surface area contributed by atoms with Crippen LogP contribution in [0.25, 0.3) is 6.08 Å².